The minimum atomic E-state index is -0.187. The normalized spacial score (nSPS) is 17.7. The Morgan fingerprint density at radius 1 is 1.03 bits per heavy atom. The van der Waals surface area contributed by atoms with E-state index < -0.39 is 0 Å². The van der Waals surface area contributed by atoms with Crippen LogP contribution in [0.4, 0.5) is 0 Å². The molecule has 3 aliphatic heterocycles. The Bertz CT molecular complexity index is 1450. The molecule has 0 unspecified atom stereocenters. The van der Waals surface area contributed by atoms with Crippen molar-refractivity contribution in [3.05, 3.63) is 90.6 Å². The highest BCUT2D eigenvalue weighted by Gasteiger charge is 2.36. The lowest BCUT2D eigenvalue weighted by Gasteiger charge is -2.30. The van der Waals surface area contributed by atoms with Gasteiger partial charge >= 0.3 is 0 Å². The highest BCUT2D eigenvalue weighted by molar-refractivity contribution is 6.42. The van der Waals surface area contributed by atoms with E-state index in [2.05, 4.69) is 4.90 Å². The Balaban J connectivity index is 1.33. The Morgan fingerprint density at radius 3 is 2.72 bits per heavy atom. The molecule has 0 atom stereocenters. The molecule has 3 aromatic carbocycles. The van der Waals surface area contributed by atoms with Crippen molar-refractivity contribution in [3.63, 3.8) is 0 Å². The molecule has 0 saturated heterocycles. The van der Waals surface area contributed by atoms with Gasteiger partial charge in [0.2, 0.25) is 5.78 Å². The summed E-state index contributed by atoms with van der Waals surface area (Å²) in [4.78, 5) is 15.5. The number of allylic oxidation sites excluding steroid dienone is 1. The first-order valence-electron chi connectivity index (χ1n) is 11.3. The number of carbonyl (C=O) groups is 1. The van der Waals surface area contributed by atoms with E-state index in [4.69, 9.17) is 53.8 Å². The number of benzene rings is 3. The molecule has 0 amide bonds. The maximum absolute atomic E-state index is 13.4. The SMILES string of the molecule is Cc1cc2c(c3c1C(=O)/C(=C/c1cc(Cl)cc4c1OCOC4)O3)CN(Cc1ccc(Cl)c(Cl)c1)CO2. The number of hydrogen-bond acceptors (Lipinski definition) is 6. The molecule has 36 heavy (non-hydrogen) atoms. The van der Waals surface area contributed by atoms with Crippen molar-refractivity contribution in [2.75, 3.05) is 13.5 Å². The van der Waals surface area contributed by atoms with Crippen LogP contribution in [-0.2, 0) is 24.4 Å². The van der Waals surface area contributed by atoms with E-state index in [0.29, 0.717) is 69.9 Å². The minimum Gasteiger partial charge on any atom is -0.478 e. The zero-order valence-electron chi connectivity index (χ0n) is 19.2. The van der Waals surface area contributed by atoms with Gasteiger partial charge in [0, 0.05) is 29.2 Å². The van der Waals surface area contributed by atoms with E-state index in [1.807, 2.05) is 25.1 Å². The van der Waals surface area contributed by atoms with Crippen LogP contribution in [-0.4, -0.2) is 24.2 Å². The number of Topliss-reactive ketones (excluding diaryl/α,β-unsaturated/α-hetero) is 1. The van der Waals surface area contributed by atoms with Gasteiger partial charge in [-0.05, 0) is 54.5 Å². The lowest BCUT2D eigenvalue weighted by molar-refractivity contribution is -0.0165. The fourth-order valence-corrected chi connectivity index (χ4v) is 5.30. The summed E-state index contributed by atoms with van der Waals surface area (Å²) in [5, 5.41) is 1.54. The number of hydrogen-bond donors (Lipinski definition) is 0. The van der Waals surface area contributed by atoms with Gasteiger partial charge in [-0.3, -0.25) is 9.69 Å². The van der Waals surface area contributed by atoms with E-state index in [1.54, 1.807) is 24.3 Å². The summed E-state index contributed by atoms with van der Waals surface area (Å²) < 4.78 is 23.3. The van der Waals surface area contributed by atoms with Gasteiger partial charge < -0.3 is 18.9 Å². The van der Waals surface area contributed by atoms with Crippen molar-refractivity contribution in [1.82, 2.24) is 4.90 Å². The van der Waals surface area contributed by atoms with Gasteiger partial charge in [-0.1, -0.05) is 40.9 Å². The highest BCUT2D eigenvalue weighted by atomic mass is 35.5. The minimum absolute atomic E-state index is 0.137. The summed E-state index contributed by atoms with van der Waals surface area (Å²) in [5.74, 6) is 1.90. The second kappa shape index (κ2) is 9.29. The zero-order chi connectivity index (χ0) is 25.0. The number of ether oxygens (including phenoxy) is 4. The van der Waals surface area contributed by atoms with Crippen LogP contribution in [0.1, 0.15) is 38.2 Å². The number of carbonyl (C=O) groups excluding carboxylic acids is 1. The molecule has 3 heterocycles. The van der Waals surface area contributed by atoms with Crippen LogP contribution in [0, 0.1) is 6.92 Å². The number of halogens is 3. The van der Waals surface area contributed by atoms with Crippen LogP contribution in [0.2, 0.25) is 15.1 Å². The van der Waals surface area contributed by atoms with Gasteiger partial charge in [0.05, 0.1) is 27.8 Å². The Hall–Kier alpha value is -2.74. The third kappa shape index (κ3) is 4.23. The van der Waals surface area contributed by atoms with Crippen LogP contribution < -0.4 is 14.2 Å². The number of nitrogens with zero attached hydrogens (tertiary/aromatic N) is 1. The van der Waals surface area contributed by atoms with Gasteiger partial charge in [-0.25, -0.2) is 0 Å². The van der Waals surface area contributed by atoms with Gasteiger partial charge in [-0.15, -0.1) is 0 Å². The van der Waals surface area contributed by atoms with Crippen molar-refractivity contribution >= 4 is 46.7 Å². The maximum atomic E-state index is 13.4. The molecule has 6 nitrogen and oxygen atoms in total. The number of ketones is 1. The van der Waals surface area contributed by atoms with E-state index in [0.717, 1.165) is 22.3 Å². The molecule has 3 aromatic rings. The van der Waals surface area contributed by atoms with Crippen molar-refractivity contribution < 1.29 is 23.7 Å². The van der Waals surface area contributed by atoms with Crippen molar-refractivity contribution in [2.45, 2.75) is 26.6 Å². The lowest BCUT2D eigenvalue weighted by atomic mass is 9.98. The van der Waals surface area contributed by atoms with Crippen LogP contribution in [0.3, 0.4) is 0 Å². The molecular weight excluding hydrogens is 525 g/mol. The lowest BCUT2D eigenvalue weighted by Crippen LogP contribution is -2.31. The van der Waals surface area contributed by atoms with Gasteiger partial charge in [0.1, 0.15) is 24.0 Å². The highest BCUT2D eigenvalue weighted by Crippen LogP contribution is 2.45. The van der Waals surface area contributed by atoms with Crippen molar-refractivity contribution in [2.24, 2.45) is 0 Å². The van der Waals surface area contributed by atoms with Crippen LogP contribution in [0.5, 0.6) is 17.2 Å². The Kier molecular flexibility index (Phi) is 6.10. The fraction of sp³-hybridized carbons (Fsp3) is 0.222. The second-order valence-corrected chi connectivity index (χ2v) is 10.2. The summed E-state index contributed by atoms with van der Waals surface area (Å²) >= 11 is 18.6. The predicted molar refractivity (Wildman–Crippen MR) is 137 cm³/mol. The molecule has 0 aliphatic carbocycles. The molecule has 0 aromatic heterocycles. The first kappa shape index (κ1) is 23.6. The third-order valence-corrected chi connectivity index (χ3v) is 7.33. The average Bonchev–Trinajstić information content (AvgIpc) is 3.18. The van der Waals surface area contributed by atoms with Gasteiger partial charge in [0.25, 0.3) is 0 Å². The smallest absolute Gasteiger partial charge is 0.232 e. The number of rotatable bonds is 3. The Morgan fingerprint density at radius 2 is 1.89 bits per heavy atom. The quantitative estimate of drug-likeness (QED) is 0.338. The number of aryl methyl sites for hydroxylation is 1. The van der Waals surface area contributed by atoms with Crippen molar-refractivity contribution in [1.29, 1.82) is 0 Å². The fourth-order valence-electron chi connectivity index (χ4n) is 4.73. The maximum Gasteiger partial charge on any atom is 0.232 e. The second-order valence-electron chi connectivity index (χ2n) is 8.92. The third-order valence-electron chi connectivity index (χ3n) is 6.37. The molecule has 3 aliphatic rings. The van der Waals surface area contributed by atoms with E-state index >= 15 is 0 Å². The monoisotopic (exact) mass is 543 g/mol. The van der Waals surface area contributed by atoms with E-state index in [9.17, 15) is 4.79 Å². The molecule has 0 bridgehead atoms. The first-order valence-corrected chi connectivity index (χ1v) is 12.4. The molecule has 0 N–H and O–H groups in total. The summed E-state index contributed by atoms with van der Waals surface area (Å²) in [5.41, 5.74) is 4.67. The molecule has 184 valence electrons. The molecular formula is C27H20Cl3NO5. The van der Waals surface area contributed by atoms with Crippen LogP contribution in [0.15, 0.2) is 42.2 Å². The predicted octanol–water partition coefficient (Wildman–Crippen LogP) is 6.79. The summed E-state index contributed by atoms with van der Waals surface area (Å²) in [6, 6.07) is 11.0. The van der Waals surface area contributed by atoms with E-state index in [-0.39, 0.29) is 18.3 Å². The molecule has 6 rings (SSSR count). The summed E-state index contributed by atoms with van der Waals surface area (Å²) in [6.07, 6.45) is 1.68. The van der Waals surface area contributed by atoms with Crippen LogP contribution >= 0.6 is 34.8 Å². The topological polar surface area (TPSA) is 57.2 Å². The standard InChI is InChI=1S/C27H20Cl3NO5/c1-14-4-22-19(10-31(12-34-22)9-15-2-3-20(29)21(30)5-15)27-24(14)25(32)23(36-27)8-16-6-18(28)7-17-11-33-13-35-26(16)17/h2-8H,9-13H2,1H3/b23-8-. The van der Waals surface area contributed by atoms with E-state index in [1.165, 1.54) is 0 Å². The Labute approximate surface area is 222 Å². The first-order chi connectivity index (χ1) is 17.4. The van der Waals surface area contributed by atoms with Crippen LogP contribution in [0.25, 0.3) is 6.08 Å². The zero-order valence-corrected chi connectivity index (χ0v) is 21.5. The average molecular weight is 545 g/mol. The number of fused-ring (bicyclic) bond motifs is 4. The molecule has 0 radical (unpaired) electrons. The largest absolute Gasteiger partial charge is 0.478 e. The molecule has 0 saturated carbocycles. The molecule has 9 heteroatoms. The summed E-state index contributed by atoms with van der Waals surface area (Å²) in [7, 11) is 0. The molecule has 0 fully saturated rings. The van der Waals surface area contributed by atoms with Gasteiger partial charge in [-0.2, -0.15) is 0 Å². The van der Waals surface area contributed by atoms with Gasteiger partial charge in [0.15, 0.2) is 12.6 Å². The summed E-state index contributed by atoms with van der Waals surface area (Å²) in [6.45, 7) is 3.96. The van der Waals surface area contributed by atoms with Crippen molar-refractivity contribution in [3.8, 4) is 17.2 Å². The molecule has 0 spiro atoms.